The van der Waals surface area contributed by atoms with E-state index >= 15 is 0 Å². The summed E-state index contributed by atoms with van der Waals surface area (Å²) in [6.07, 6.45) is 0.920. The lowest BCUT2D eigenvalue weighted by Gasteiger charge is -2.35. The van der Waals surface area contributed by atoms with Crippen molar-refractivity contribution in [2.75, 3.05) is 37.6 Å². The molecule has 0 saturated carbocycles. The van der Waals surface area contributed by atoms with E-state index in [4.69, 9.17) is 0 Å². The Bertz CT molecular complexity index is 809. The van der Waals surface area contributed by atoms with Crippen LogP contribution < -0.4 is 15.8 Å². The second-order valence-corrected chi connectivity index (χ2v) is 6.18. The maximum Gasteiger partial charge on any atom is 0.317 e. The highest BCUT2D eigenvalue weighted by atomic mass is 16.2. The number of aryl methyl sites for hydroxylation is 1. The molecule has 1 aliphatic rings. The third-order valence-electron chi connectivity index (χ3n) is 4.54. The molecule has 2 amide bonds. The molecule has 2 heterocycles. The van der Waals surface area contributed by atoms with E-state index in [9.17, 15) is 9.59 Å². The van der Waals surface area contributed by atoms with Gasteiger partial charge >= 0.3 is 6.03 Å². The average molecular weight is 343 g/mol. The quantitative estimate of drug-likeness (QED) is 0.916. The van der Waals surface area contributed by atoms with Crippen molar-refractivity contribution >= 4 is 22.9 Å². The summed E-state index contributed by atoms with van der Waals surface area (Å²) in [6.45, 7) is 7.70. The van der Waals surface area contributed by atoms with Crippen molar-refractivity contribution in [1.82, 2.24) is 19.8 Å². The van der Waals surface area contributed by atoms with Gasteiger partial charge in [-0.1, -0.05) is 19.1 Å². The Balaban J connectivity index is 1.81. The van der Waals surface area contributed by atoms with Gasteiger partial charge < -0.3 is 19.7 Å². The molecule has 1 saturated heterocycles. The number of fused-ring (bicyclic) bond motifs is 1. The molecule has 1 N–H and O–H groups in total. The summed E-state index contributed by atoms with van der Waals surface area (Å²) in [6, 6.07) is 7.67. The zero-order valence-corrected chi connectivity index (χ0v) is 14.9. The molecule has 0 unspecified atom stereocenters. The van der Waals surface area contributed by atoms with E-state index in [2.05, 4.69) is 10.3 Å². The van der Waals surface area contributed by atoms with Gasteiger partial charge in [-0.15, -0.1) is 0 Å². The van der Waals surface area contributed by atoms with Gasteiger partial charge in [-0.2, -0.15) is 0 Å². The summed E-state index contributed by atoms with van der Waals surface area (Å²) in [5, 5.41) is 2.90. The molecule has 2 aromatic rings. The van der Waals surface area contributed by atoms with Gasteiger partial charge in [0.15, 0.2) is 5.82 Å². The van der Waals surface area contributed by atoms with Crippen molar-refractivity contribution in [3.8, 4) is 0 Å². The normalized spacial score (nSPS) is 14.8. The molecular weight excluding hydrogens is 318 g/mol. The third kappa shape index (κ3) is 3.45. The van der Waals surface area contributed by atoms with Crippen LogP contribution in [0.3, 0.4) is 0 Å². The van der Waals surface area contributed by atoms with Crippen LogP contribution in [0, 0.1) is 0 Å². The number of carbonyl (C=O) groups is 1. The lowest BCUT2D eigenvalue weighted by Crippen LogP contribution is -2.53. The number of nitrogens with one attached hydrogen (secondary N) is 1. The van der Waals surface area contributed by atoms with Crippen molar-refractivity contribution in [2.24, 2.45) is 0 Å². The second kappa shape index (κ2) is 7.55. The first kappa shape index (κ1) is 17.3. The topological polar surface area (TPSA) is 70.5 Å². The largest absolute Gasteiger partial charge is 0.348 e. The number of rotatable bonds is 4. The number of anilines is 1. The Morgan fingerprint density at radius 2 is 1.88 bits per heavy atom. The highest BCUT2D eigenvalue weighted by Crippen LogP contribution is 2.16. The van der Waals surface area contributed by atoms with Gasteiger partial charge in [0, 0.05) is 39.3 Å². The van der Waals surface area contributed by atoms with Crippen LogP contribution in [0.25, 0.3) is 11.0 Å². The van der Waals surface area contributed by atoms with E-state index < -0.39 is 0 Å². The smallest absolute Gasteiger partial charge is 0.317 e. The van der Waals surface area contributed by atoms with Gasteiger partial charge in [-0.05, 0) is 25.5 Å². The predicted octanol–water partition coefficient (Wildman–Crippen LogP) is 1.66. The average Bonchev–Trinajstić information content (AvgIpc) is 2.66. The summed E-state index contributed by atoms with van der Waals surface area (Å²) in [5.74, 6) is 0.481. The van der Waals surface area contributed by atoms with Crippen molar-refractivity contribution < 1.29 is 4.79 Å². The number of benzene rings is 1. The first-order valence-corrected chi connectivity index (χ1v) is 8.93. The number of carbonyl (C=O) groups excluding carboxylic acids is 1. The SMILES string of the molecule is CCCNC(=O)N1CCN(c2nc3ccccc3n(CC)c2=O)CC1. The molecule has 1 aromatic carbocycles. The Hall–Kier alpha value is -2.57. The van der Waals surface area contributed by atoms with Gasteiger partial charge in [0.05, 0.1) is 11.0 Å². The minimum Gasteiger partial charge on any atom is -0.348 e. The number of piperazine rings is 1. The summed E-state index contributed by atoms with van der Waals surface area (Å²) in [7, 11) is 0. The van der Waals surface area contributed by atoms with Crippen molar-refractivity contribution in [1.29, 1.82) is 0 Å². The van der Waals surface area contributed by atoms with Crippen molar-refractivity contribution in [3.05, 3.63) is 34.6 Å². The first-order chi connectivity index (χ1) is 12.2. The van der Waals surface area contributed by atoms with Gasteiger partial charge in [-0.3, -0.25) is 4.79 Å². The lowest BCUT2D eigenvalue weighted by atomic mass is 10.2. The van der Waals surface area contributed by atoms with Crippen LogP contribution in [-0.4, -0.2) is 53.2 Å². The van der Waals surface area contributed by atoms with Crippen LogP contribution >= 0.6 is 0 Å². The molecule has 7 heteroatoms. The number of urea groups is 1. The fourth-order valence-corrected chi connectivity index (χ4v) is 3.16. The fraction of sp³-hybridized carbons (Fsp3) is 0.500. The number of aromatic nitrogens is 2. The van der Waals surface area contributed by atoms with E-state index in [1.54, 1.807) is 9.47 Å². The summed E-state index contributed by atoms with van der Waals surface area (Å²) < 4.78 is 1.76. The van der Waals surface area contributed by atoms with E-state index in [0.717, 1.165) is 17.5 Å². The predicted molar refractivity (Wildman–Crippen MR) is 99.2 cm³/mol. The molecule has 25 heavy (non-hydrogen) atoms. The molecule has 3 rings (SSSR count). The number of hydrogen-bond donors (Lipinski definition) is 1. The van der Waals surface area contributed by atoms with E-state index in [1.807, 2.05) is 43.0 Å². The highest BCUT2D eigenvalue weighted by molar-refractivity contribution is 5.77. The number of hydrogen-bond acceptors (Lipinski definition) is 4. The van der Waals surface area contributed by atoms with Crippen molar-refractivity contribution in [3.63, 3.8) is 0 Å². The van der Waals surface area contributed by atoms with Gasteiger partial charge in [-0.25, -0.2) is 9.78 Å². The zero-order valence-electron chi connectivity index (χ0n) is 14.9. The molecule has 0 atom stereocenters. The minimum absolute atomic E-state index is 0.0288. The summed E-state index contributed by atoms with van der Waals surface area (Å²) >= 11 is 0. The van der Waals surface area contributed by atoms with Crippen LogP contribution in [-0.2, 0) is 6.54 Å². The monoisotopic (exact) mass is 343 g/mol. The van der Waals surface area contributed by atoms with Crippen LogP contribution in [0.2, 0.25) is 0 Å². The van der Waals surface area contributed by atoms with Gasteiger partial charge in [0.25, 0.3) is 5.56 Å². The van der Waals surface area contributed by atoms with Crippen LogP contribution in [0.4, 0.5) is 10.6 Å². The molecule has 1 fully saturated rings. The van der Waals surface area contributed by atoms with E-state index in [0.29, 0.717) is 45.1 Å². The molecular formula is C18H25N5O2. The Morgan fingerprint density at radius 3 is 2.56 bits per heavy atom. The molecule has 7 nitrogen and oxygen atoms in total. The Kier molecular flexibility index (Phi) is 5.21. The van der Waals surface area contributed by atoms with E-state index in [-0.39, 0.29) is 11.6 Å². The summed E-state index contributed by atoms with van der Waals surface area (Å²) in [5.41, 5.74) is 1.61. The Labute approximate surface area is 147 Å². The third-order valence-corrected chi connectivity index (χ3v) is 4.54. The maximum atomic E-state index is 12.8. The standard InChI is InChI=1S/C18H25N5O2/c1-3-9-19-18(25)22-12-10-21(11-13-22)16-17(24)23(4-2)15-8-6-5-7-14(15)20-16/h5-8H,3-4,9-13H2,1-2H3,(H,19,25). The zero-order chi connectivity index (χ0) is 17.8. The number of nitrogens with zero attached hydrogens (tertiary/aromatic N) is 4. The van der Waals surface area contributed by atoms with Crippen LogP contribution in [0.1, 0.15) is 20.3 Å². The van der Waals surface area contributed by atoms with Gasteiger partial charge in [0.1, 0.15) is 0 Å². The minimum atomic E-state index is -0.0647. The molecule has 0 spiro atoms. The molecule has 134 valence electrons. The highest BCUT2D eigenvalue weighted by Gasteiger charge is 2.24. The molecule has 0 aliphatic carbocycles. The van der Waals surface area contributed by atoms with Crippen LogP contribution in [0.5, 0.6) is 0 Å². The lowest BCUT2D eigenvalue weighted by molar-refractivity contribution is 0.194. The van der Waals surface area contributed by atoms with Gasteiger partial charge in [0.2, 0.25) is 0 Å². The molecule has 0 radical (unpaired) electrons. The summed E-state index contributed by atoms with van der Waals surface area (Å²) in [4.78, 5) is 33.3. The molecule has 1 aromatic heterocycles. The fourth-order valence-electron chi connectivity index (χ4n) is 3.16. The molecule has 0 bridgehead atoms. The molecule has 1 aliphatic heterocycles. The van der Waals surface area contributed by atoms with Crippen LogP contribution in [0.15, 0.2) is 29.1 Å². The van der Waals surface area contributed by atoms with Crippen molar-refractivity contribution in [2.45, 2.75) is 26.8 Å². The maximum absolute atomic E-state index is 12.8. The second-order valence-electron chi connectivity index (χ2n) is 6.18. The Morgan fingerprint density at radius 1 is 1.16 bits per heavy atom. The van der Waals surface area contributed by atoms with E-state index in [1.165, 1.54) is 0 Å². The first-order valence-electron chi connectivity index (χ1n) is 8.93. The number of para-hydroxylation sites is 2. The number of amides is 2.